The molecule has 12 nitrogen and oxygen atoms in total. The van der Waals surface area contributed by atoms with Gasteiger partial charge in [-0.15, -0.1) is 0 Å². The molecule has 0 bridgehead atoms. The molecule has 0 saturated heterocycles. The van der Waals surface area contributed by atoms with E-state index in [4.69, 9.17) is 18.9 Å². The number of anilines is 1. The summed E-state index contributed by atoms with van der Waals surface area (Å²) in [6.45, 7) is 4.71. The quantitative estimate of drug-likeness (QED) is 0.271. The predicted octanol–water partition coefficient (Wildman–Crippen LogP) is 2.28. The van der Waals surface area contributed by atoms with E-state index in [0.717, 1.165) is 23.6 Å². The molecule has 2 aliphatic heterocycles. The average molecular weight is 496 g/mol. The van der Waals surface area contributed by atoms with E-state index >= 15 is 0 Å². The average Bonchev–Trinajstić information content (AvgIpc) is 3.13. The fraction of sp³-hybridized carbons (Fsp3) is 0.429. The molecular formula is C21H24N2O10S. The second-order valence-corrected chi connectivity index (χ2v) is 9.96. The Morgan fingerprint density at radius 3 is 2.35 bits per heavy atom. The number of hydrogen-bond donors (Lipinski definition) is 2. The van der Waals surface area contributed by atoms with E-state index in [1.165, 1.54) is 39.2 Å². The van der Waals surface area contributed by atoms with Gasteiger partial charge in [0.2, 0.25) is 5.72 Å². The smallest absolute Gasteiger partial charge is 0.324 e. The molecule has 0 amide bonds. The molecule has 0 spiro atoms. The van der Waals surface area contributed by atoms with Crippen LogP contribution in [-0.4, -0.2) is 54.2 Å². The number of methoxy groups -OCH3 is 2. The van der Waals surface area contributed by atoms with Crippen molar-refractivity contribution in [3.8, 4) is 11.5 Å². The molecule has 2 N–H and O–H groups in total. The van der Waals surface area contributed by atoms with Gasteiger partial charge in [0.05, 0.1) is 16.2 Å². The summed E-state index contributed by atoms with van der Waals surface area (Å²) in [5, 5.41) is 23.6. The molecule has 4 rings (SSSR count). The van der Waals surface area contributed by atoms with Crippen molar-refractivity contribution in [2.24, 2.45) is 0 Å². The summed E-state index contributed by atoms with van der Waals surface area (Å²) in [4.78, 5) is 11.9. The normalized spacial score (nSPS) is 27.4. The minimum atomic E-state index is -4.97. The lowest BCUT2D eigenvalue weighted by Crippen LogP contribution is -2.77. The Hall–Kier alpha value is -2.97. The Balaban J connectivity index is 2.17. The van der Waals surface area contributed by atoms with Crippen molar-refractivity contribution in [1.82, 2.24) is 0 Å². The first-order chi connectivity index (χ1) is 15.7. The summed E-state index contributed by atoms with van der Waals surface area (Å²) in [6.07, 6.45) is 0. The molecule has 2 aliphatic rings. The Bertz CT molecular complexity index is 1280. The number of nitro groups is 1. The highest BCUT2D eigenvalue weighted by Crippen LogP contribution is 2.59. The summed E-state index contributed by atoms with van der Waals surface area (Å²) < 4.78 is 58.1. The minimum Gasteiger partial charge on any atom is -0.482 e. The van der Waals surface area contributed by atoms with Gasteiger partial charge < -0.3 is 24.1 Å². The molecule has 2 aromatic carbocycles. The number of aryl methyl sites for hydroxylation is 1. The lowest BCUT2D eigenvalue weighted by atomic mass is 9.78. The zero-order valence-corrected chi connectivity index (χ0v) is 19.8. The highest BCUT2D eigenvalue weighted by Gasteiger charge is 2.73. The number of non-ortho nitro benzene ring substituents is 1. The molecule has 13 heteroatoms. The largest absolute Gasteiger partial charge is 0.482 e. The Labute approximate surface area is 195 Å². The van der Waals surface area contributed by atoms with Crippen LogP contribution in [-0.2, 0) is 25.3 Å². The van der Waals surface area contributed by atoms with Gasteiger partial charge in [0.1, 0.15) is 11.5 Å². The first-order valence-corrected chi connectivity index (χ1v) is 11.6. The van der Waals surface area contributed by atoms with Gasteiger partial charge in [-0.2, -0.15) is 8.42 Å². The third-order valence-corrected chi connectivity index (χ3v) is 6.99. The van der Waals surface area contributed by atoms with E-state index < -0.39 is 37.7 Å². The lowest BCUT2D eigenvalue weighted by molar-refractivity contribution is -0.386. The van der Waals surface area contributed by atoms with Gasteiger partial charge in [-0.25, -0.2) is 0 Å². The van der Waals surface area contributed by atoms with Gasteiger partial charge in [-0.05, 0) is 44.5 Å². The number of ether oxygens (including phenoxy) is 4. The Kier molecular flexibility index (Phi) is 5.34. The number of hydrogen-bond acceptors (Lipinski definition) is 10. The molecule has 0 aliphatic carbocycles. The fourth-order valence-electron chi connectivity index (χ4n) is 4.65. The van der Waals surface area contributed by atoms with Gasteiger partial charge in [0, 0.05) is 26.4 Å². The van der Waals surface area contributed by atoms with Crippen molar-refractivity contribution in [3.05, 3.63) is 57.6 Å². The van der Waals surface area contributed by atoms with E-state index in [2.05, 4.69) is 0 Å². The highest BCUT2D eigenvalue weighted by molar-refractivity contribution is 7.86. The van der Waals surface area contributed by atoms with Crippen molar-refractivity contribution in [1.29, 1.82) is 0 Å². The zero-order valence-electron chi connectivity index (χ0n) is 19.0. The summed E-state index contributed by atoms with van der Waals surface area (Å²) in [7, 11) is -2.65. The molecule has 2 heterocycles. The second-order valence-electron chi connectivity index (χ2n) is 8.53. The van der Waals surface area contributed by atoms with Crippen LogP contribution in [0.3, 0.4) is 0 Å². The number of fused-ring (bicyclic) bond motifs is 2. The van der Waals surface area contributed by atoms with Crippen LogP contribution < -0.4 is 14.4 Å². The molecule has 3 unspecified atom stereocenters. The lowest BCUT2D eigenvalue weighted by Gasteiger charge is -2.58. The molecule has 2 aromatic rings. The molecule has 0 radical (unpaired) electrons. The van der Waals surface area contributed by atoms with Crippen LogP contribution in [0.4, 0.5) is 11.4 Å². The van der Waals surface area contributed by atoms with Crippen molar-refractivity contribution in [2.45, 2.75) is 43.4 Å². The third-order valence-electron chi connectivity index (χ3n) is 6.18. The highest BCUT2D eigenvalue weighted by atomic mass is 32.2. The van der Waals surface area contributed by atoms with Gasteiger partial charge in [0.25, 0.3) is 11.5 Å². The van der Waals surface area contributed by atoms with Gasteiger partial charge in [-0.1, -0.05) is 6.07 Å². The van der Waals surface area contributed by atoms with Gasteiger partial charge in [0.15, 0.2) is 5.60 Å². The van der Waals surface area contributed by atoms with Crippen LogP contribution in [0.5, 0.6) is 11.5 Å². The maximum Gasteiger partial charge on any atom is 0.324 e. The van der Waals surface area contributed by atoms with Crippen LogP contribution in [0.25, 0.3) is 0 Å². The zero-order chi connectivity index (χ0) is 25.3. The molecule has 3 atom stereocenters. The van der Waals surface area contributed by atoms with E-state index in [0.29, 0.717) is 0 Å². The topological polar surface area (TPSA) is 158 Å². The second kappa shape index (κ2) is 7.52. The molecule has 0 saturated carbocycles. The molecule has 0 aromatic heterocycles. The summed E-state index contributed by atoms with van der Waals surface area (Å²) in [5.41, 5.74) is -5.64. The van der Waals surface area contributed by atoms with Crippen molar-refractivity contribution < 1.29 is 41.9 Å². The number of aliphatic hydroxyl groups is 1. The third kappa shape index (κ3) is 3.08. The van der Waals surface area contributed by atoms with E-state index in [1.807, 2.05) is 0 Å². The van der Waals surface area contributed by atoms with E-state index in [1.54, 1.807) is 19.1 Å². The Morgan fingerprint density at radius 1 is 1.12 bits per heavy atom. The minimum absolute atomic E-state index is 0.0637. The van der Waals surface area contributed by atoms with Gasteiger partial charge in [-0.3, -0.25) is 19.6 Å². The van der Waals surface area contributed by atoms with Crippen molar-refractivity contribution >= 4 is 21.5 Å². The van der Waals surface area contributed by atoms with Crippen LogP contribution in [0.15, 0.2) is 36.4 Å². The molecule has 34 heavy (non-hydrogen) atoms. The monoisotopic (exact) mass is 496 g/mol. The molecule has 0 fully saturated rings. The first-order valence-electron chi connectivity index (χ1n) is 10.1. The fourth-order valence-corrected chi connectivity index (χ4v) is 5.40. The Morgan fingerprint density at radius 2 is 1.79 bits per heavy atom. The van der Waals surface area contributed by atoms with E-state index in [-0.39, 0.29) is 28.4 Å². The number of rotatable bonds is 5. The number of nitrogens with zero attached hydrogens (tertiary/aromatic N) is 2. The van der Waals surface area contributed by atoms with Crippen molar-refractivity contribution in [2.75, 3.05) is 19.1 Å². The maximum atomic E-state index is 12.5. The maximum absolute atomic E-state index is 12.5. The number of nitro benzene ring substituents is 1. The summed E-state index contributed by atoms with van der Waals surface area (Å²) in [6, 6.07) is 8.33. The van der Waals surface area contributed by atoms with Gasteiger partial charge >= 0.3 is 15.7 Å². The standard InChI is InChI=1S/C21H24N2O10S/c1-12-6-8-15-17(10-12)32-18(34(27,28)29)22(15)20(30-4)14-11-13(23(25)26)7-9-16(14)33-19(2,3)21(20,24)31-5/h6-11,18,24H,1-5H3,(H,27,28,29). The summed E-state index contributed by atoms with van der Waals surface area (Å²) >= 11 is 0. The van der Waals surface area contributed by atoms with Crippen LogP contribution in [0.1, 0.15) is 25.0 Å². The number of benzene rings is 2. The summed E-state index contributed by atoms with van der Waals surface area (Å²) in [5.74, 6) is -2.35. The first kappa shape index (κ1) is 24.2. The van der Waals surface area contributed by atoms with Crippen LogP contribution in [0, 0.1) is 17.0 Å². The SMILES string of the molecule is COC1(N2c3ccc(C)cc3OC2S(=O)(=O)O)c2cc([N+](=O)[O-])ccc2OC(C)(C)C1(O)OC. The van der Waals surface area contributed by atoms with Crippen LogP contribution in [0.2, 0.25) is 0 Å². The molecule has 184 valence electrons. The van der Waals surface area contributed by atoms with Crippen molar-refractivity contribution in [3.63, 3.8) is 0 Å². The molecular weight excluding hydrogens is 472 g/mol. The van der Waals surface area contributed by atoms with Crippen LogP contribution >= 0.6 is 0 Å². The predicted molar refractivity (Wildman–Crippen MR) is 118 cm³/mol. The van der Waals surface area contributed by atoms with E-state index in [9.17, 15) is 28.2 Å².